The van der Waals surface area contributed by atoms with Crippen molar-refractivity contribution in [2.45, 2.75) is 6.42 Å². The summed E-state index contributed by atoms with van der Waals surface area (Å²) in [6.07, 6.45) is 3.48. The maximum absolute atomic E-state index is 5.70. The minimum atomic E-state index is 0.736. The van der Waals surface area contributed by atoms with Crippen LogP contribution in [0.15, 0.2) is 0 Å². The normalized spacial score (nSPS) is 27.3. The number of nitrogens with two attached hydrogens (primary N) is 1. The first kappa shape index (κ1) is 9.36. The lowest BCUT2D eigenvalue weighted by Gasteiger charge is -2.19. The summed E-state index contributed by atoms with van der Waals surface area (Å²) in [5, 5.41) is 3.38. The highest BCUT2D eigenvalue weighted by Gasteiger charge is 2.22. The third-order valence-corrected chi connectivity index (χ3v) is 3.21. The van der Waals surface area contributed by atoms with Crippen LogP contribution in [0.2, 0.25) is 0 Å². The zero-order valence-electron chi connectivity index (χ0n) is 7.18. The highest BCUT2D eigenvalue weighted by Crippen LogP contribution is 2.20. The summed E-state index contributed by atoms with van der Waals surface area (Å²) in [6.45, 7) is 3.23. The van der Waals surface area contributed by atoms with Crippen molar-refractivity contribution in [1.29, 1.82) is 0 Å². The molecule has 2 nitrogen and oxygen atoms in total. The SMILES string of the molecule is CSCC(CN)C1CCNC1. The molecule has 0 saturated carbocycles. The van der Waals surface area contributed by atoms with Gasteiger partial charge in [-0.25, -0.2) is 0 Å². The summed E-state index contributed by atoms with van der Waals surface area (Å²) >= 11 is 1.91. The first-order valence-electron chi connectivity index (χ1n) is 4.28. The van der Waals surface area contributed by atoms with Gasteiger partial charge in [0.05, 0.1) is 0 Å². The van der Waals surface area contributed by atoms with Gasteiger partial charge < -0.3 is 11.1 Å². The second-order valence-electron chi connectivity index (χ2n) is 3.20. The Morgan fingerprint density at radius 2 is 2.55 bits per heavy atom. The predicted octanol–water partition coefficient (Wildman–Crippen LogP) is 0.534. The molecule has 0 radical (unpaired) electrons. The zero-order chi connectivity index (χ0) is 8.10. The highest BCUT2D eigenvalue weighted by molar-refractivity contribution is 7.98. The summed E-state index contributed by atoms with van der Waals surface area (Å²) < 4.78 is 0. The van der Waals surface area contributed by atoms with Crippen LogP contribution >= 0.6 is 11.8 Å². The Labute approximate surface area is 73.3 Å². The number of rotatable bonds is 4. The van der Waals surface area contributed by atoms with Gasteiger partial charge in [0.2, 0.25) is 0 Å². The Hall–Kier alpha value is 0.270. The van der Waals surface area contributed by atoms with E-state index in [0.29, 0.717) is 0 Å². The van der Waals surface area contributed by atoms with E-state index in [-0.39, 0.29) is 0 Å². The van der Waals surface area contributed by atoms with Gasteiger partial charge in [0, 0.05) is 0 Å². The van der Waals surface area contributed by atoms with Gasteiger partial charge in [-0.3, -0.25) is 0 Å². The molecule has 2 unspecified atom stereocenters. The molecule has 0 aromatic rings. The molecule has 0 amide bonds. The Balaban J connectivity index is 2.27. The molecule has 1 saturated heterocycles. The van der Waals surface area contributed by atoms with Crippen molar-refractivity contribution in [3.8, 4) is 0 Å². The lowest BCUT2D eigenvalue weighted by molar-refractivity contribution is 0.402. The van der Waals surface area contributed by atoms with Crippen LogP contribution in [-0.2, 0) is 0 Å². The van der Waals surface area contributed by atoms with E-state index in [4.69, 9.17) is 5.73 Å². The first-order valence-corrected chi connectivity index (χ1v) is 5.67. The van der Waals surface area contributed by atoms with Gasteiger partial charge in [-0.1, -0.05) is 0 Å². The van der Waals surface area contributed by atoms with Crippen LogP contribution in [0.4, 0.5) is 0 Å². The van der Waals surface area contributed by atoms with Crippen LogP contribution in [0.1, 0.15) is 6.42 Å². The van der Waals surface area contributed by atoms with Crippen LogP contribution in [0, 0.1) is 11.8 Å². The lowest BCUT2D eigenvalue weighted by Crippen LogP contribution is -2.27. The molecule has 0 aliphatic carbocycles. The molecule has 1 rings (SSSR count). The minimum absolute atomic E-state index is 0.736. The van der Waals surface area contributed by atoms with Crippen molar-refractivity contribution < 1.29 is 0 Å². The average molecular weight is 174 g/mol. The molecule has 1 heterocycles. The van der Waals surface area contributed by atoms with Gasteiger partial charge in [-0.15, -0.1) is 0 Å². The van der Waals surface area contributed by atoms with Crippen molar-refractivity contribution in [3.63, 3.8) is 0 Å². The fraction of sp³-hybridized carbons (Fsp3) is 1.00. The Bertz CT molecular complexity index is 102. The summed E-state index contributed by atoms with van der Waals surface area (Å²) in [5.74, 6) is 2.80. The molecular weight excluding hydrogens is 156 g/mol. The van der Waals surface area contributed by atoms with Crippen molar-refractivity contribution in [1.82, 2.24) is 5.32 Å². The molecule has 1 aliphatic heterocycles. The number of hydrogen-bond acceptors (Lipinski definition) is 3. The van der Waals surface area contributed by atoms with Gasteiger partial charge >= 0.3 is 0 Å². The average Bonchev–Trinajstić information content (AvgIpc) is 2.52. The maximum atomic E-state index is 5.70. The molecule has 3 N–H and O–H groups in total. The third-order valence-electron chi connectivity index (χ3n) is 2.45. The summed E-state index contributed by atoms with van der Waals surface area (Å²) in [4.78, 5) is 0. The highest BCUT2D eigenvalue weighted by atomic mass is 32.2. The van der Waals surface area contributed by atoms with Gasteiger partial charge in [0.1, 0.15) is 0 Å². The Morgan fingerprint density at radius 1 is 1.73 bits per heavy atom. The molecular formula is C8H18N2S. The van der Waals surface area contributed by atoms with Crippen LogP contribution < -0.4 is 11.1 Å². The lowest BCUT2D eigenvalue weighted by atomic mass is 9.93. The number of nitrogens with one attached hydrogen (secondary N) is 1. The second kappa shape index (κ2) is 5.01. The van der Waals surface area contributed by atoms with Gasteiger partial charge in [-0.2, -0.15) is 11.8 Å². The second-order valence-corrected chi connectivity index (χ2v) is 4.11. The molecule has 1 fully saturated rings. The summed E-state index contributed by atoms with van der Waals surface area (Å²) in [5.41, 5.74) is 5.70. The largest absolute Gasteiger partial charge is 0.330 e. The minimum Gasteiger partial charge on any atom is -0.330 e. The van der Waals surface area contributed by atoms with Crippen molar-refractivity contribution in [2.24, 2.45) is 17.6 Å². The van der Waals surface area contributed by atoms with Crippen LogP contribution in [-0.4, -0.2) is 31.6 Å². The molecule has 0 aromatic carbocycles. The van der Waals surface area contributed by atoms with E-state index in [2.05, 4.69) is 11.6 Å². The third kappa shape index (κ3) is 2.65. The molecule has 1 aliphatic rings. The standard InChI is InChI=1S/C8H18N2S/c1-11-6-8(4-9)7-2-3-10-5-7/h7-8,10H,2-6,9H2,1H3. The zero-order valence-corrected chi connectivity index (χ0v) is 7.99. The maximum Gasteiger partial charge on any atom is -0.00166 e. The van der Waals surface area contributed by atoms with Crippen LogP contribution in [0.3, 0.4) is 0 Å². The van der Waals surface area contributed by atoms with Gasteiger partial charge in [0.15, 0.2) is 0 Å². The Kier molecular flexibility index (Phi) is 4.26. The van der Waals surface area contributed by atoms with E-state index in [1.807, 2.05) is 11.8 Å². The van der Waals surface area contributed by atoms with Crippen molar-refractivity contribution in [3.05, 3.63) is 0 Å². The van der Waals surface area contributed by atoms with E-state index >= 15 is 0 Å². The molecule has 11 heavy (non-hydrogen) atoms. The van der Waals surface area contributed by atoms with E-state index in [0.717, 1.165) is 18.4 Å². The van der Waals surface area contributed by atoms with Crippen molar-refractivity contribution in [2.75, 3.05) is 31.6 Å². The number of hydrogen-bond donors (Lipinski definition) is 2. The molecule has 0 aromatic heterocycles. The van der Waals surface area contributed by atoms with E-state index in [9.17, 15) is 0 Å². The smallest absolute Gasteiger partial charge is 0.00166 e. The van der Waals surface area contributed by atoms with E-state index < -0.39 is 0 Å². The first-order chi connectivity index (χ1) is 5.38. The topological polar surface area (TPSA) is 38.0 Å². The van der Waals surface area contributed by atoms with Gasteiger partial charge in [0.25, 0.3) is 0 Å². The monoisotopic (exact) mass is 174 g/mol. The molecule has 0 spiro atoms. The van der Waals surface area contributed by atoms with E-state index in [1.54, 1.807) is 0 Å². The quantitative estimate of drug-likeness (QED) is 0.653. The fourth-order valence-corrected chi connectivity index (χ4v) is 2.53. The molecule has 0 bridgehead atoms. The van der Waals surface area contributed by atoms with E-state index in [1.165, 1.54) is 25.3 Å². The summed E-state index contributed by atoms with van der Waals surface area (Å²) in [6, 6.07) is 0. The predicted molar refractivity (Wildman–Crippen MR) is 51.9 cm³/mol. The molecule has 66 valence electrons. The molecule has 2 atom stereocenters. The van der Waals surface area contributed by atoms with Crippen LogP contribution in [0.5, 0.6) is 0 Å². The number of thioether (sulfide) groups is 1. The van der Waals surface area contributed by atoms with Crippen LogP contribution in [0.25, 0.3) is 0 Å². The van der Waals surface area contributed by atoms with Gasteiger partial charge in [-0.05, 0) is 49.9 Å². The summed E-state index contributed by atoms with van der Waals surface area (Å²) in [7, 11) is 0. The fourth-order valence-electron chi connectivity index (χ4n) is 1.69. The Morgan fingerprint density at radius 3 is 3.00 bits per heavy atom. The molecule has 3 heteroatoms. The van der Waals surface area contributed by atoms with Crippen molar-refractivity contribution >= 4 is 11.8 Å².